The molecule has 1 atom stereocenters. The van der Waals surface area contributed by atoms with Gasteiger partial charge in [-0.25, -0.2) is 9.37 Å². The summed E-state index contributed by atoms with van der Waals surface area (Å²) in [4.78, 5) is 6.90. The average molecular weight is 377 g/mol. The lowest BCUT2D eigenvalue weighted by Gasteiger charge is -2.18. The molecule has 4 rings (SSSR count). The molecule has 0 amide bonds. The number of rotatable bonds is 6. The molecule has 27 heavy (non-hydrogen) atoms. The largest absolute Gasteiger partial charge is 0.336 e. The van der Waals surface area contributed by atoms with Crippen molar-refractivity contribution in [1.82, 2.24) is 14.9 Å². The zero-order chi connectivity index (χ0) is 18.6. The van der Waals surface area contributed by atoms with E-state index < -0.39 is 0 Å². The van der Waals surface area contributed by atoms with Gasteiger partial charge in [-0.2, -0.15) is 0 Å². The summed E-state index contributed by atoms with van der Waals surface area (Å²) in [6.07, 6.45) is 3.79. The summed E-state index contributed by atoms with van der Waals surface area (Å²) in [7, 11) is 2.01. The second-order valence-corrected chi connectivity index (χ2v) is 7.56. The van der Waals surface area contributed by atoms with Crippen molar-refractivity contribution in [3.8, 4) is 10.4 Å². The second-order valence-electron chi connectivity index (χ2n) is 6.39. The minimum Gasteiger partial charge on any atom is -0.336 e. The van der Waals surface area contributed by atoms with E-state index in [0.29, 0.717) is 0 Å². The number of aromatic nitrogens is 2. The number of benzene rings is 2. The second kappa shape index (κ2) is 7.86. The molecule has 2 aromatic carbocycles. The van der Waals surface area contributed by atoms with Crippen molar-refractivity contribution in [3.05, 3.63) is 101 Å². The molecule has 0 aliphatic heterocycles. The zero-order valence-corrected chi connectivity index (χ0v) is 15.8. The van der Waals surface area contributed by atoms with E-state index in [4.69, 9.17) is 0 Å². The molecule has 0 fully saturated rings. The van der Waals surface area contributed by atoms with Crippen LogP contribution in [0.1, 0.15) is 22.3 Å². The summed E-state index contributed by atoms with van der Waals surface area (Å²) >= 11 is 1.72. The van der Waals surface area contributed by atoms with Crippen LogP contribution in [0.4, 0.5) is 4.39 Å². The molecule has 0 aliphatic rings. The first-order chi connectivity index (χ1) is 13.2. The van der Waals surface area contributed by atoms with Crippen LogP contribution in [0.5, 0.6) is 0 Å². The van der Waals surface area contributed by atoms with Gasteiger partial charge >= 0.3 is 0 Å². The van der Waals surface area contributed by atoms with Gasteiger partial charge in [0.25, 0.3) is 0 Å². The average Bonchev–Trinajstić information content (AvgIpc) is 3.33. The standard InChI is InChI=1S/C22H20FN3S/c1-26-14-13-24-22(26)21(17-5-3-2-4-6-17)25-15-19-11-12-20(27-19)16-7-9-18(23)10-8-16/h2-14,21,25H,15H2,1H3/t21-/m1/s1. The monoisotopic (exact) mass is 377 g/mol. The van der Waals surface area contributed by atoms with Gasteiger partial charge in [0.15, 0.2) is 0 Å². The summed E-state index contributed by atoms with van der Waals surface area (Å²) in [5, 5.41) is 3.64. The van der Waals surface area contributed by atoms with Crippen molar-refractivity contribution in [2.75, 3.05) is 0 Å². The number of halogens is 1. The molecule has 0 bridgehead atoms. The van der Waals surface area contributed by atoms with Gasteiger partial charge in [-0.05, 0) is 35.4 Å². The first kappa shape index (κ1) is 17.6. The number of hydrogen-bond acceptors (Lipinski definition) is 3. The van der Waals surface area contributed by atoms with E-state index in [1.165, 1.54) is 22.6 Å². The van der Waals surface area contributed by atoms with Gasteiger partial charge in [0.05, 0.1) is 6.04 Å². The summed E-state index contributed by atoms with van der Waals surface area (Å²) in [5.41, 5.74) is 2.22. The Morgan fingerprint density at radius 1 is 1.04 bits per heavy atom. The molecule has 0 unspecified atom stereocenters. The quantitative estimate of drug-likeness (QED) is 0.503. The molecular weight excluding hydrogens is 357 g/mol. The minimum absolute atomic E-state index is 0.0163. The van der Waals surface area contributed by atoms with Crippen molar-refractivity contribution in [2.45, 2.75) is 12.6 Å². The number of hydrogen-bond donors (Lipinski definition) is 1. The first-order valence-electron chi connectivity index (χ1n) is 8.81. The summed E-state index contributed by atoms with van der Waals surface area (Å²) in [5.74, 6) is 0.773. The van der Waals surface area contributed by atoms with Crippen molar-refractivity contribution in [3.63, 3.8) is 0 Å². The maximum absolute atomic E-state index is 13.1. The fraction of sp³-hybridized carbons (Fsp3) is 0.136. The molecule has 5 heteroatoms. The maximum Gasteiger partial charge on any atom is 0.130 e. The molecule has 2 aromatic heterocycles. The number of imidazole rings is 1. The van der Waals surface area contributed by atoms with Gasteiger partial charge in [-0.1, -0.05) is 42.5 Å². The predicted octanol–water partition coefficient (Wildman–Crippen LogP) is 5.17. The molecule has 3 nitrogen and oxygen atoms in total. The van der Waals surface area contributed by atoms with Crippen LogP contribution in [0.3, 0.4) is 0 Å². The van der Waals surface area contributed by atoms with E-state index in [9.17, 15) is 4.39 Å². The smallest absolute Gasteiger partial charge is 0.130 e. The van der Waals surface area contributed by atoms with Crippen molar-refractivity contribution in [2.24, 2.45) is 7.05 Å². The third-order valence-electron chi connectivity index (χ3n) is 4.52. The predicted molar refractivity (Wildman–Crippen MR) is 108 cm³/mol. The topological polar surface area (TPSA) is 29.9 Å². The van der Waals surface area contributed by atoms with Crippen LogP contribution < -0.4 is 5.32 Å². The Morgan fingerprint density at radius 3 is 2.52 bits per heavy atom. The number of aryl methyl sites for hydroxylation is 1. The van der Waals surface area contributed by atoms with Crippen LogP contribution in [-0.2, 0) is 13.6 Å². The summed E-state index contributed by atoms with van der Waals surface area (Å²) in [6, 6.07) is 21.2. The molecule has 0 saturated heterocycles. The Morgan fingerprint density at radius 2 is 1.81 bits per heavy atom. The third-order valence-corrected chi connectivity index (χ3v) is 5.65. The van der Waals surface area contributed by atoms with Crippen LogP contribution in [-0.4, -0.2) is 9.55 Å². The van der Waals surface area contributed by atoms with E-state index in [2.05, 4.69) is 34.6 Å². The van der Waals surface area contributed by atoms with Crippen molar-refractivity contribution < 1.29 is 4.39 Å². The molecule has 4 aromatic rings. The van der Waals surface area contributed by atoms with E-state index in [0.717, 1.165) is 22.8 Å². The van der Waals surface area contributed by atoms with Gasteiger partial charge < -0.3 is 4.57 Å². The lowest BCUT2D eigenvalue weighted by molar-refractivity contribution is 0.561. The molecule has 0 saturated carbocycles. The summed E-state index contributed by atoms with van der Waals surface area (Å²) < 4.78 is 15.2. The van der Waals surface area contributed by atoms with Gasteiger partial charge in [-0.3, -0.25) is 5.32 Å². The van der Waals surface area contributed by atoms with E-state index >= 15 is 0 Å². The molecule has 2 heterocycles. The summed E-state index contributed by atoms with van der Waals surface area (Å²) in [6.45, 7) is 0.734. The van der Waals surface area contributed by atoms with Crippen LogP contribution in [0, 0.1) is 5.82 Å². The lowest BCUT2D eigenvalue weighted by Crippen LogP contribution is -2.24. The minimum atomic E-state index is -0.210. The normalized spacial score (nSPS) is 12.2. The SMILES string of the molecule is Cn1ccnc1[C@H](NCc1ccc(-c2ccc(F)cc2)s1)c1ccccc1. The van der Waals surface area contributed by atoms with E-state index in [-0.39, 0.29) is 11.9 Å². The Hall–Kier alpha value is -2.76. The Balaban J connectivity index is 1.53. The number of nitrogens with one attached hydrogen (secondary N) is 1. The number of thiophene rings is 1. The van der Waals surface area contributed by atoms with Gasteiger partial charge in [0.1, 0.15) is 11.6 Å². The first-order valence-corrected chi connectivity index (χ1v) is 9.62. The highest BCUT2D eigenvalue weighted by Crippen LogP contribution is 2.29. The number of nitrogens with zero attached hydrogens (tertiary/aromatic N) is 2. The molecule has 136 valence electrons. The molecular formula is C22H20FN3S. The van der Waals surface area contributed by atoms with Crippen molar-refractivity contribution in [1.29, 1.82) is 0 Å². The fourth-order valence-electron chi connectivity index (χ4n) is 3.10. The highest BCUT2D eigenvalue weighted by Gasteiger charge is 2.18. The van der Waals surface area contributed by atoms with Gasteiger partial charge in [0.2, 0.25) is 0 Å². The lowest BCUT2D eigenvalue weighted by atomic mass is 10.1. The van der Waals surface area contributed by atoms with Crippen LogP contribution in [0.2, 0.25) is 0 Å². The van der Waals surface area contributed by atoms with E-state index in [1.54, 1.807) is 11.3 Å². The van der Waals surface area contributed by atoms with E-state index in [1.807, 2.05) is 54.3 Å². The zero-order valence-electron chi connectivity index (χ0n) is 15.0. The fourth-order valence-corrected chi connectivity index (χ4v) is 4.07. The Kier molecular flexibility index (Phi) is 5.14. The van der Waals surface area contributed by atoms with Crippen molar-refractivity contribution >= 4 is 11.3 Å². The third kappa shape index (κ3) is 3.99. The molecule has 1 N–H and O–H groups in total. The van der Waals surface area contributed by atoms with Crippen LogP contribution >= 0.6 is 11.3 Å². The molecule has 0 spiro atoms. The molecule has 0 radical (unpaired) electrons. The van der Waals surface area contributed by atoms with Gasteiger partial charge in [0, 0.05) is 35.7 Å². The Labute approximate surface area is 162 Å². The van der Waals surface area contributed by atoms with Crippen LogP contribution in [0.15, 0.2) is 79.1 Å². The van der Waals surface area contributed by atoms with Gasteiger partial charge in [-0.15, -0.1) is 11.3 Å². The molecule has 0 aliphatic carbocycles. The highest BCUT2D eigenvalue weighted by atomic mass is 32.1. The maximum atomic E-state index is 13.1. The highest BCUT2D eigenvalue weighted by molar-refractivity contribution is 7.15. The van der Waals surface area contributed by atoms with Crippen LogP contribution in [0.25, 0.3) is 10.4 Å². The Bertz CT molecular complexity index is 1010.